The van der Waals surface area contributed by atoms with Crippen LogP contribution in [0.5, 0.6) is 11.5 Å². The smallest absolute Gasteiger partial charge is 0.321 e. The number of piperidine rings is 1. The predicted molar refractivity (Wildman–Crippen MR) is 100 cm³/mol. The van der Waals surface area contributed by atoms with Crippen molar-refractivity contribution in [1.29, 1.82) is 0 Å². The molecule has 3 N–H and O–H groups in total. The molecule has 3 aliphatic rings. The van der Waals surface area contributed by atoms with E-state index in [1.165, 1.54) is 0 Å². The lowest BCUT2D eigenvalue weighted by molar-refractivity contribution is -0.122. The van der Waals surface area contributed by atoms with Crippen molar-refractivity contribution in [2.75, 3.05) is 31.7 Å². The van der Waals surface area contributed by atoms with E-state index in [1.807, 2.05) is 4.90 Å². The van der Waals surface area contributed by atoms with Crippen molar-refractivity contribution < 1.29 is 23.9 Å². The van der Waals surface area contributed by atoms with Gasteiger partial charge < -0.3 is 20.1 Å². The molecule has 0 radical (unpaired) electrons. The number of rotatable bonds is 5. The minimum Gasteiger partial charge on any atom is -0.454 e. The van der Waals surface area contributed by atoms with Crippen LogP contribution in [0.3, 0.4) is 0 Å². The Balaban J connectivity index is 1.19. The molecule has 0 unspecified atom stereocenters. The highest BCUT2D eigenvalue weighted by molar-refractivity contribution is 5.95. The second-order valence-corrected chi connectivity index (χ2v) is 7.40. The molecule has 4 rings (SSSR count). The second kappa shape index (κ2) is 8.05. The van der Waals surface area contributed by atoms with Gasteiger partial charge in [-0.15, -0.1) is 0 Å². The summed E-state index contributed by atoms with van der Waals surface area (Å²) in [6.45, 7) is 1.63. The van der Waals surface area contributed by atoms with Crippen LogP contribution >= 0.6 is 0 Å². The highest BCUT2D eigenvalue weighted by Gasteiger charge is 2.28. The van der Waals surface area contributed by atoms with Gasteiger partial charge in [0, 0.05) is 23.7 Å². The van der Waals surface area contributed by atoms with Gasteiger partial charge in [0.2, 0.25) is 18.6 Å². The fourth-order valence-corrected chi connectivity index (χ4v) is 3.39. The molecule has 0 bridgehead atoms. The van der Waals surface area contributed by atoms with Crippen LogP contribution in [0.2, 0.25) is 0 Å². The number of urea groups is 1. The van der Waals surface area contributed by atoms with Crippen molar-refractivity contribution in [2.45, 2.75) is 31.7 Å². The standard InChI is InChI=1S/C19H24N4O5/c24-17(22-19(26)21-13-1-2-13)10-23-7-5-12(6-8-23)18(25)20-14-3-4-15-16(9-14)28-11-27-15/h3-4,9,12-13H,1-2,5-8,10-11H2,(H,20,25)(H2,21,22,24,26). The van der Waals surface area contributed by atoms with Crippen LogP contribution in [0.15, 0.2) is 18.2 Å². The van der Waals surface area contributed by atoms with Gasteiger partial charge in [0.1, 0.15) is 0 Å². The summed E-state index contributed by atoms with van der Waals surface area (Å²) < 4.78 is 10.6. The molecule has 1 aromatic carbocycles. The van der Waals surface area contributed by atoms with E-state index in [-0.39, 0.29) is 37.1 Å². The van der Waals surface area contributed by atoms with E-state index in [0.717, 1.165) is 12.8 Å². The van der Waals surface area contributed by atoms with Gasteiger partial charge >= 0.3 is 6.03 Å². The summed E-state index contributed by atoms with van der Waals surface area (Å²) in [5.41, 5.74) is 0.678. The third-order valence-corrected chi connectivity index (χ3v) is 5.13. The van der Waals surface area contributed by atoms with Crippen LogP contribution in [0.4, 0.5) is 10.5 Å². The summed E-state index contributed by atoms with van der Waals surface area (Å²) in [6, 6.07) is 5.11. The number of anilines is 1. The van der Waals surface area contributed by atoms with E-state index in [4.69, 9.17) is 9.47 Å². The molecule has 1 aliphatic carbocycles. The first-order valence-corrected chi connectivity index (χ1v) is 9.60. The summed E-state index contributed by atoms with van der Waals surface area (Å²) in [6.07, 6.45) is 3.28. The number of amides is 4. The number of carbonyl (C=O) groups excluding carboxylic acids is 3. The van der Waals surface area contributed by atoms with E-state index in [1.54, 1.807) is 18.2 Å². The van der Waals surface area contributed by atoms with Crippen molar-refractivity contribution in [3.63, 3.8) is 0 Å². The molecule has 2 heterocycles. The maximum Gasteiger partial charge on any atom is 0.321 e. The van der Waals surface area contributed by atoms with Crippen LogP contribution in [-0.4, -0.2) is 55.2 Å². The van der Waals surface area contributed by atoms with Crippen molar-refractivity contribution in [2.24, 2.45) is 5.92 Å². The molecular weight excluding hydrogens is 364 g/mol. The average molecular weight is 388 g/mol. The molecule has 0 spiro atoms. The lowest BCUT2D eigenvalue weighted by atomic mass is 9.96. The number of nitrogens with one attached hydrogen (secondary N) is 3. The number of ether oxygens (including phenoxy) is 2. The number of nitrogens with zero attached hydrogens (tertiary/aromatic N) is 1. The van der Waals surface area contributed by atoms with E-state index in [2.05, 4.69) is 16.0 Å². The molecule has 0 atom stereocenters. The Morgan fingerprint density at radius 2 is 1.79 bits per heavy atom. The summed E-state index contributed by atoms with van der Waals surface area (Å²) in [7, 11) is 0. The zero-order chi connectivity index (χ0) is 19.5. The number of hydrogen-bond acceptors (Lipinski definition) is 6. The zero-order valence-electron chi connectivity index (χ0n) is 15.5. The number of carbonyl (C=O) groups is 3. The van der Waals surface area contributed by atoms with Crippen molar-refractivity contribution in [3.8, 4) is 11.5 Å². The SMILES string of the molecule is O=C(CN1CCC(C(=O)Nc2ccc3c(c2)OCO3)CC1)NC(=O)NC1CC1. The van der Waals surface area contributed by atoms with Crippen molar-refractivity contribution in [1.82, 2.24) is 15.5 Å². The molecule has 9 nitrogen and oxygen atoms in total. The number of hydrogen-bond donors (Lipinski definition) is 3. The van der Waals surface area contributed by atoms with Gasteiger partial charge in [-0.05, 0) is 50.9 Å². The molecule has 28 heavy (non-hydrogen) atoms. The monoisotopic (exact) mass is 388 g/mol. The molecule has 2 fully saturated rings. The van der Waals surface area contributed by atoms with E-state index in [0.29, 0.717) is 43.1 Å². The minimum atomic E-state index is -0.425. The average Bonchev–Trinajstić information content (AvgIpc) is 3.35. The van der Waals surface area contributed by atoms with Crippen LogP contribution < -0.4 is 25.4 Å². The zero-order valence-corrected chi connectivity index (χ0v) is 15.5. The highest BCUT2D eigenvalue weighted by atomic mass is 16.7. The van der Waals surface area contributed by atoms with E-state index < -0.39 is 6.03 Å². The van der Waals surface area contributed by atoms with Gasteiger partial charge in [-0.25, -0.2) is 4.79 Å². The fraction of sp³-hybridized carbons (Fsp3) is 0.526. The third-order valence-electron chi connectivity index (χ3n) is 5.13. The quantitative estimate of drug-likeness (QED) is 0.696. The van der Waals surface area contributed by atoms with Gasteiger partial charge in [0.15, 0.2) is 11.5 Å². The normalized spacial score (nSPS) is 19.1. The molecule has 0 aromatic heterocycles. The van der Waals surface area contributed by atoms with Crippen molar-refractivity contribution in [3.05, 3.63) is 18.2 Å². The first-order chi connectivity index (χ1) is 13.6. The van der Waals surface area contributed by atoms with Crippen molar-refractivity contribution >= 4 is 23.5 Å². The Labute approximate surface area is 162 Å². The largest absolute Gasteiger partial charge is 0.454 e. The Morgan fingerprint density at radius 1 is 1.04 bits per heavy atom. The lowest BCUT2D eigenvalue weighted by Gasteiger charge is -2.30. The van der Waals surface area contributed by atoms with Crippen LogP contribution in [0, 0.1) is 5.92 Å². The molecule has 2 aliphatic heterocycles. The second-order valence-electron chi connectivity index (χ2n) is 7.40. The molecule has 9 heteroatoms. The minimum absolute atomic E-state index is 0.0354. The molecule has 1 saturated carbocycles. The lowest BCUT2D eigenvalue weighted by Crippen LogP contribution is -2.47. The van der Waals surface area contributed by atoms with Crippen LogP contribution in [0.25, 0.3) is 0 Å². The van der Waals surface area contributed by atoms with E-state index in [9.17, 15) is 14.4 Å². The predicted octanol–water partition coefficient (Wildman–Crippen LogP) is 1.05. The van der Waals surface area contributed by atoms with Gasteiger partial charge in [-0.1, -0.05) is 0 Å². The highest BCUT2D eigenvalue weighted by Crippen LogP contribution is 2.34. The molecule has 1 aromatic rings. The number of imide groups is 1. The maximum absolute atomic E-state index is 12.5. The topological polar surface area (TPSA) is 109 Å². The summed E-state index contributed by atoms with van der Waals surface area (Å²) in [5.74, 6) is 0.843. The Bertz CT molecular complexity index is 772. The maximum atomic E-state index is 12.5. The summed E-state index contributed by atoms with van der Waals surface area (Å²) in [4.78, 5) is 38.0. The Morgan fingerprint density at radius 3 is 2.54 bits per heavy atom. The summed E-state index contributed by atoms with van der Waals surface area (Å²) >= 11 is 0. The fourth-order valence-electron chi connectivity index (χ4n) is 3.39. The van der Waals surface area contributed by atoms with E-state index >= 15 is 0 Å². The van der Waals surface area contributed by atoms with Gasteiger partial charge in [-0.2, -0.15) is 0 Å². The first kappa shape index (κ1) is 18.5. The van der Waals surface area contributed by atoms with Crippen LogP contribution in [0.1, 0.15) is 25.7 Å². The Kier molecular flexibility index (Phi) is 5.34. The number of fused-ring (bicyclic) bond motifs is 1. The first-order valence-electron chi connectivity index (χ1n) is 9.60. The van der Waals surface area contributed by atoms with Gasteiger partial charge in [-0.3, -0.25) is 19.8 Å². The molecule has 4 amide bonds. The number of benzene rings is 1. The number of likely N-dealkylation sites (tertiary alicyclic amines) is 1. The third kappa shape index (κ3) is 4.72. The Hall–Kier alpha value is -2.81. The van der Waals surface area contributed by atoms with Gasteiger partial charge in [0.05, 0.1) is 6.54 Å². The summed E-state index contributed by atoms with van der Waals surface area (Å²) in [5, 5.41) is 8.00. The van der Waals surface area contributed by atoms with Crippen LogP contribution in [-0.2, 0) is 9.59 Å². The molecular formula is C19H24N4O5. The molecule has 150 valence electrons. The molecule has 1 saturated heterocycles. The van der Waals surface area contributed by atoms with Gasteiger partial charge in [0.25, 0.3) is 0 Å².